The van der Waals surface area contributed by atoms with Crippen molar-refractivity contribution in [2.45, 2.75) is 6.92 Å². The summed E-state index contributed by atoms with van der Waals surface area (Å²) in [5.74, 6) is -3.18. The third-order valence-corrected chi connectivity index (χ3v) is 2.79. The average Bonchev–Trinajstić information content (AvgIpc) is 2.34. The number of carboxylic acids is 1. The highest BCUT2D eigenvalue weighted by Crippen LogP contribution is 2.29. The van der Waals surface area contributed by atoms with Gasteiger partial charge >= 0.3 is 5.97 Å². The lowest BCUT2D eigenvalue weighted by atomic mass is 10.00. The van der Waals surface area contributed by atoms with Crippen molar-refractivity contribution in [3.63, 3.8) is 0 Å². The third kappa shape index (κ3) is 2.40. The van der Waals surface area contributed by atoms with Crippen LogP contribution in [0.5, 0.6) is 5.75 Å². The van der Waals surface area contributed by atoms with Crippen molar-refractivity contribution in [3.05, 3.63) is 53.1 Å². The van der Waals surface area contributed by atoms with E-state index in [-0.39, 0.29) is 22.3 Å². The molecule has 2 aromatic rings. The molecule has 0 aliphatic heterocycles. The highest BCUT2D eigenvalue weighted by molar-refractivity contribution is 5.92. The van der Waals surface area contributed by atoms with E-state index < -0.39 is 23.4 Å². The molecule has 0 heterocycles. The minimum Gasteiger partial charge on any atom is -0.507 e. The third-order valence-electron chi connectivity index (χ3n) is 2.79. The topological polar surface area (TPSA) is 57.5 Å². The first-order chi connectivity index (χ1) is 8.90. The molecule has 19 heavy (non-hydrogen) atoms. The molecule has 0 aromatic heterocycles. The molecule has 2 N–H and O–H groups in total. The standard InChI is InChI=1S/C14H10F2O3/c1-7-4-9(12(16)6-11(7)15)8-2-3-13(17)10(5-8)14(18)19/h2-6,17H,1H3,(H,18,19). The van der Waals surface area contributed by atoms with E-state index in [1.807, 2.05) is 0 Å². The number of hydrogen-bond acceptors (Lipinski definition) is 2. The molecule has 0 unspecified atom stereocenters. The first kappa shape index (κ1) is 13.0. The van der Waals surface area contributed by atoms with Gasteiger partial charge in [-0.2, -0.15) is 0 Å². The molecule has 0 fully saturated rings. The number of aromatic hydroxyl groups is 1. The summed E-state index contributed by atoms with van der Waals surface area (Å²) in [6.07, 6.45) is 0. The van der Waals surface area contributed by atoms with E-state index in [0.29, 0.717) is 0 Å². The largest absolute Gasteiger partial charge is 0.507 e. The summed E-state index contributed by atoms with van der Waals surface area (Å²) in [7, 11) is 0. The predicted octanol–water partition coefficient (Wildman–Crippen LogP) is 3.34. The van der Waals surface area contributed by atoms with Crippen LogP contribution in [0.4, 0.5) is 8.78 Å². The molecule has 0 saturated heterocycles. The number of halogens is 2. The molecule has 0 aliphatic rings. The second kappa shape index (κ2) is 4.68. The second-order valence-electron chi connectivity index (χ2n) is 4.12. The number of aryl methyl sites for hydroxylation is 1. The molecule has 0 atom stereocenters. The molecule has 0 spiro atoms. The van der Waals surface area contributed by atoms with Gasteiger partial charge in [-0.25, -0.2) is 13.6 Å². The van der Waals surface area contributed by atoms with Gasteiger partial charge in [-0.15, -0.1) is 0 Å². The van der Waals surface area contributed by atoms with Gasteiger partial charge in [0, 0.05) is 11.6 Å². The fourth-order valence-electron chi connectivity index (χ4n) is 1.75. The van der Waals surface area contributed by atoms with Gasteiger partial charge < -0.3 is 10.2 Å². The molecular weight excluding hydrogens is 254 g/mol. The van der Waals surface area contributed by atoms with E-state index in [4.69, 9.17) is 5.11 Å². The lowest BCUT2D eigenvalue weighted by molar-refractivity contribution is 0.0694. The first-order valence-electron chi connectivity index (χ1n) is 5.42. The molecule has 3 nitrogen and oxygen atoms in total. The van der Waals surface area contributed by atoms with Crippen LogP contribution in [0.2, 0.25) is 0 Å². The van der Waals surface area contributed by atoms with Crippen molar-refractivity contribution < 1.29 is 23.8 Å². The Kier molecular flexibility index (Phi) is 3.21. The summed E-state index contributed by atoms with van der Waals surface area (Å²) in [6, 6.07) is 5.72. The van der Waals surface area contributed by atoms with Crippen LogP contribution in [0, 0.1) is 18.6 Å². The quantitative estimate of drug-likeness (QED) is 0.874. The van der Waals surface area contributed by atoms with Crippen LogP contribution in [0.3, 0.4) is 0 Å². The van der Waals surface area contributed by atoms with Crippen molar-refractivity contribution in [2.24, 2.45) is 0 Å². The highest BCUT2D eigenvalue weighted by atomic mass is 19.1. The Morgan fingerprint density at radius 1 is 1.11 bits per heavy atom. The summed E-state index contributed by atoms with van der Waals surface area (Å²) in [5, 5.41) is 18.3. The van der Waals surface area contributed by atoms with Crippen molar-refractivity contribution in [2.75, 3.05) is 0 Å². The Balaban J connectivity index is 2.63. The van der Waals surface area contributed by atoms with Crippen molar-refractivity contribution in [1.82, 2.24) is 0 Å². The average molecular weight is 264 g/mol. The SMILES string of the molecule is Cc1cc(-c2ccc(O)c(C(=O)O)c2)c(F)cc1F. The lowest BCUT2D eigenvalue weighted by Gasteiger charge is -2.08. The Morgan fingerprint density at radius 2 is 1.79 bits per heavy atom. The Labute approximate surface area is 107 Å². The number of carboxylic acid groups (broad SMARTS) is 1. The van der Waals surface area contributed by atoms with Crippen molar-refractivity contribution in [1.29, 1.82) is 0 Å². The molecule has 0 amide bonds. The highest BCUT2D eigenvalue weighted by Gasteiger charge is 2.14. The minimum absolute atomic E-state index is 0.0846. The normalized spacial score (nSPS) is 10.5. The van der Waals surface area contributed by atoms with Gasteiger partial charge in [-0.3, -0.25) is 0 Å². The number of benzene rings is 2. The number of carbonyl (C=O) groups is 1. The summed E-state index contributed by atoms with van der Waals surface area (Å²) in [4.78, 5) is 10.9. The maximum atomic E-state index is 13.7. The zero-order chi connectivity index (χ0) is 14.2. The summed E-state index contributed by atoms with van der Waals surface area (Å²) in [5.41, 5.74) is 0.262. The van der Waals surface area contributed by atoms with E-state index in [2.05, 4.69) is 0 Å². The van der Waals surface area contributed by atoms with Gasteiger partial charge in [0.05, 0.1) is 0 Å². The van der Waals surface area contributed by atoms with Crippen LogP contribution < -0.4 is 0 Å². The van der Waals surface area contributed by atoms with Gasteiger partial charge in [0.2, 0.25) is 0 Å². The van der Waals surface area contributed by atoms with E-state index >= 15 is 0 Å². The second-order valence-corrected chi connectivity index (χ2v) is 4.12. The molecule has 5 heteroatoms. The van der Waals surface area contributed by atoms with E-state index in [9.17, 15) is 18.7 Å². The maximum absolute atomic E-state index is 13.7. The van der Waals surface area contributed by atoms with Crippen LogP contribution in [0.15, 0.2) is 30.3 Å². The van der Waals surface area contributed by atoms with E-state index in [1.165, 1.54) is 19.1 Å². The van der Waals surface area contributed by atoms with Crippen molar-refractivity contribution in [3.8, 4) is 16.9 Å². The van der Waals surface area contributed by atoms with Gasteiger partial charge in [0.25, 0.3) is 0 Å². The fraction of sp³-hybridized carbons (Fsp3) is 0.0714. The molecule has 0 bridgehead atoms. The molecule has 2 rings (SSSR count). The molecule has 0 radical (unpaired) electrons. The number of hydrogen-bond donors (Lipinski definition) is 2. The summed E-state index contributed by atoms with van der Waals surface area (Å²) < 4.78 is 26.9. The first-order valence-corrected chi connectivity index (χ1v) is 5.42. The molecule has 0 aliphatic carbocycles. The molecule has 2 aromatic carbocycles. The van der Waals surface area contributed by atoms with Crippen LogP contribution in [0.25, 0.3) is 11.1 Å². The lowest BCUT2D eigenvalue weighted by Crippen LogP contribution is -1.98. The fourth-order valence-corrected chi connectivity index (χ4v) is 1.75. The zero-order valence-corrected chi connectivity index (χ0v) is 9.95. The smallest absolute Gasteiger partial charge is 0.339 e. The number of phenols is 1. The Morgan fingerprint density at radius 3 is 2.42 bits per heavy atom. The van der Waals surface area contributed by atoms with Crippen LogP contribution in [0.1, 0.15) is 15.9 Å². The predicted molar refractivity (Wildman–Crippen MR) is 65.2 cm³/mol. The van der Waals surface area contributed by atoms with Crippen LogP contribution in [-0.2, 0) is 0 Å². The molecule has 98 valence electrons. The van der Waals surface area contributed by atoms with Gasteiger partial charge in [0.15, 0.2) is 0 Å². The Hall–Kier alpha value is -2.43. The van der Waals surface area contributed by atoms with Gasteiger partial charge in [-0.05, 0) is 36.2 Å². The van der Waals surface area contributed by atoms with E-state index in [0.717, 1.165) is 18.2 Å². The maximum Gasteiger partial charge on any atom is 0.339 e. The number of rotatable bonds is 2. The Bertz CT molecular complexity index is 666. The molecule has 0 saturated carbocycles. The van der Waals surface area contributed by atoms with Crippen LogP contribution in [-0.4, -0.2) is 16.2 Å². The summed E-state index contributed by atoms with van der Waals surface area (Å²) >= 11 is 0. The van der Waals surface area contributed by atoms with Gasteiger partial charge in [-0.1, -0.05) is 6.07 Å². The van der Waals surface area contributed by atoms with Gasteiger partial charge in [0.1, 0.15) is 22.9 Å². The van der Waals surface area contributed by atoms with E-state index in [1.54, 1.807) is 0 Å². The monoisotopic (exact) mass is 264 g/mol. The summed E-state index contributed by atoms with van der Waals surface area (Å²) in [6.45, 7) is 1.48. The van der Waals surface area contributed by atoms with Crippen LogP contribution >= 0.6 is 0 Å². The van der Waals surface area contributed by atoms with Crippen molar-refractivity contribution >= 4 is 5.97 Å². The minimum atomic E-state index is -1.32. The zero-order valence-electron chi connectivity index (χ0n) is 9.95. The molecular formula is C14H10F2O3. The number of aromatic carboxylic acids is 1.